The standard InChI is InChI=1S/C24H47NO4/c1-5-7-8-9-10-11-12-13-14-15-16-17-18-22(29-24(28)6-2)21-25(3,4)20-19-23(26)27/h22H,5-21H2,1-4H3. The number of rotatable bonds is 20. The van der Waals surface area contributed by atoms with Crippen LogP contribution < -0.4 is 5.11 Å². The number of quaternary nitrogens is 1. The van der Waals surface area contributed by atoms with E-state index in [1.807, 2.05) is 14.1 Å². The highest BCUT2D eigenvalue weighted by Crippen LogP contribution is 2.16. The summed E-state index contributed by atoms with van der Waals surface area (Å²) < 4.78 is 6.15. The van der Waals surface area contributed by atoms with Crippen LogP contribution >= 0.6 is 0 Å². The van der Waals surface area contributed by atoms with Gasteiger partial charge in [0.15, 0.2) is 6.10 Å². The molecule has 0 saturated carbocycles. The molecule has 0 heterocycles. The van der Waals surface area contributed by atoms with Gasteiger partial charge in [-0.3, -0.25) is 4.79 Å². The van der Waals surface area contributed by atoms with Crippen LogP contribution in [0.2, 0.25) is 0 Å². The van der Waals surface area contributed by atoms with Crippen LogP contribution in [0.25, 0.3) is 0 Å². The first-order valence-electron chi connectivity index (χ1n) is 12.0. The van der Waals surface area contributed by atoms with Gasteiger partial charge >= 0.3 is 5.97 Å². The van der Waals surface area contributed by atoms with Crippen LogP contribution in [-0.4, -0.2) is 49.7 Å². The van der Waals surface area contributed by atoms with Gasteiger partial charge in [-0.25, -0.2) is 0 Å². The van der Waals surface area contributed by atoms with E-state index in [0.717, 1.165) is 12.8 Å². The summed E-state index contributed by atoms with van der Waals surface area (Å²) in [4.78, 5) is 22.5. The second-order valence-electron chi connectivity index (χ2n) is 9.11. The molecule has 0 aliphatic rings. The molecule has 5 heteroatoms. The van der Waals surface area contributed by atoms with Crippen LogP contribution in [0.3, 0.4) is 0 Å². The number of esters is 1. The Morgan fingerprint density at radius 3 is 1.76 bits per heavy atom. The van der Waals surface area contributed by atoms with Gasteiger partial charge in [-0.05, 0) is 12.8 Å². The second-order valence-corrected chi connectivity index (χ2v) is 9.11. The van der Waals surface area contributed by atoms with E-state index in [0.29, 0.717) is 24.0 Å². The fraction of sp³-hybridized carbons (Fsp3) is 0.917. The van der Waals surface area contributed by atoms with Gasteiger partial charge in [0, 0.05) is 18.8 Å². The van der Waals surface area contributed by atoms with E-state index >= 15 is 0 Å². The summed E-state index contributed by atoms with van der Waals surface area (Å²) in [5.74, 6) is -1.20. The molecule has 0 amide bonds. The van der Waals surface area contributed by atoms with Crippen molar-refractivity contribution in [3.8, 4) is 0 Å². The molecule has 0 spiro atoms. The molecular weight excluding hydrogens is 366 g/mol. The van der Waals surface area contributed by atoms with E-state index in [-0.39, 0.29) is 18.5 Å². The lowest BCUT2D eigenvalue weighted by Gasteiger charge is -2.33. The van der Waals surface area contributed by atoms with Gasteiger partial charge < -0.3 is 19.1 Å². The third-order valence-corrected chi connectivity index (χ3v) is 5.59. The molecule has 0 fully saturated rings. The molecule has 1 atom stereocenters. The molecule has 5 nitrogen and oxygen atoms in total. The van der Waals surface area contributed by atoms with Crippen molar-refractivity contribution in [2.75, 3.05) is 27.2 Å². The normalized spacial score (nSPS) is 12.7. The number of carboxylic acids is 1. The maximum Gasteiger partial charge on any atom is 0.305 e. The predicted octanol–water partition coefficient (Wildman–Crippen LogP) is 4.62. The number of carbonyl (C=O) groups excluding carboxylic acids is 2. The lowest BCUT2D eigenvalue weighted by atomic mass is 10.0. The molecule has 0 aromatic rings. The van der Waals surface area contributed by atoms with Gasteiger partial charge in [-0.15, -0.1) is 0 Å². The zero-order chi connectivity index (χ0) is 22.0. The van der Waals surface area contributed by atoms with Crippen LogP contribution in [-0.2, 0) is 14.3 Å². The Labute approximate surface area is 179 Å². The smallest absolute Gasteiger partial charge is 0.305 e. The molecular formula is C24H47NO4. The minimum Gasteiger partial charge on any atom is -0.550 e. The van der Waals surface area contributed by atoms with Crippen molar-refractivity contribution in [1.29, 1.82) is 0 Å². The van der Waals surface area contributed by atoms with Crippen molar-refractivity contribution in [1.82, 2.24) is 0 Å². The quantitative estimate of drug-likeness (QED) is 0.166. The van der Waals surface area contributed by atoms with Gasteiger partial charge in [0.2, 0.25) is 0 Å². The SMILES string of the molecule is CCCCCCCCCCCCCCC(C[N+](C)(C)CCC(=O)[O-])OC(=O)CC. The minimum atomic E-state index is -1.03. The number of ether oxygens (including phenoxy) is 1. The molecule has 0 N–H and O–H groups in total. The molecule has 172 valence electrons. The van der Waals surface area contributed by atoms with E-state index in [9.17, 15) is 14.7 Å². The van der Waals surface area contributed by atoms with Gasteiger partial charge in [0.25, 0.3) is 0 Å². The van der Waals surface area contributed by atoms with E-state index in [1.54, 1.807) is 6.92 Å². The van der Waals surface area contributed by atoms with Crippen LogP contribution in [0.4, 0.5) is 0 Å². The first-order chi connectivity index (χ1) is 13.8. The second kappa shape index (κ2) is 17.7. The summed E-state index contributed by atoms with van der Waals surface area (Å²) >= 11 is 0. The summed E-state index contributed by atoms with van der Waals surface area (Å²) in [7, 11) is 3.97. The lowest BCUT2D eigenvalue weighted by Crippen LogP contribution is -2.48. The van der Waals surface area contributed by atoms with E-state index in [4.69, 9.17) is 4.74 Å². The predicted molar refractivity (Wildman–Crippen MR) is 117 cm³/mol. The van der Waals surface area contributed by atoms with E-state index in [1.165, 1.54) is 70.6 Å². The number of unbranched alkanes of at least 4 members (excludes halogenated alkanes) is 11. The largest absolute Gasteiger partial charge is 0.550 e. The zero-order valence-corrected chi connectivity index (χ0v) is 19.7. The van der Waals surface area contributed by atoms with Crippen LogP contribution in [0.1, 0.15) is 110 Å². The van der Waals surface area contributed by atoms with Crippen LogP contribution in [0, 0.1) is 0 Å². The summed E-state index contributed by atoms with van der Waals surface area (Å²) in [5.41, 5.74) is 0. The van der Waals surface area contributed by atoms with Crippen LogP contribution in [0.5, 0.6) is 0 Å². The summed E-state index contributed by atoms with van der Waals surface area (Å²) in [6, 6.07) is 0. The third kappa shape index (κ3) is 18.7. The molecule has 0 aliphatic carbocycles. The molecule has 0 aromatic heterocycles. The molecule has 0 aliphatic heterocycles. The average molecular weight is 414 g/mol. The first kappa shape index (κ1) is 27.9. The summed E-state index contributed by atoms with van der Waals surface area (Å²) in [5, 5.41) is 10.7. The lowest BCUT2D eigenvalue weighted by molar-refractivity contribution is -0.892. The van der Waals surface area contributed by atoms with Crippen molar-refractivity contribution in [3.05, 3.63) is 0 Å². The van der Waals surface area contributed by atoms with Gasteiger partial charge in [0.1, 0.15) is 6.54 Å². The van der Waals surface area contributed by atoms with Crippen molar-refractivity contribution in [2.24, 2.45) is 0 Å². The average Bonchev–Trinajstić information content (AvgIpc) is 2.66. The Kier molecular flexibility index (Phi) is 17.1. The third-order valence-electron chi connectivity index (χ3n) is 5.59. The number of likely N-dealkylation sites (N-methyl/N-ethyl adjacent to an activating group) is 1. The van der Waals surface area contributed by atoms with Crippen molar-refractivity contribution >= 4 is 11.9 Å². The highest BCUT2D eigenvalue weighted by molar-refractivity contribution is 5.69. The molecule has 29 heavy (non-hydrogen) atoms. The Balaban J connectivity index is 3.97. The Hall–Kier alpha value is -1.10. The minimum absolute atomic E-state index is 0.0278. The van der Waals surface area contributed by atoms with E-state index in [2.05, 4.69) is 6.92 Å². The molecule has 0 rings (SSSR count). The van der Waals surface area contributed by atoms with Crippen molar-refractivity contribution in [3.63, 3.8) is 0 Å². The Morgan fingerprint density at radius 2 is 1.31 bits per heavy atom. The van der Waals surface area contributed by atoms with Crippen molar-refractivity contribution in [2.45, 2.75) is 116 Å². The molecule has 0 aromatic carbocycles. The summed E-state index contributed by atoms with van der Waals surface area (Å²) in [6.45, 7) is 5.20. The monoisotopic (exact) mass is 413 g/mol. The van der Waals surface area contributed by atoms with Crippen LogP contribution in [0.15, 0.2) is 0 Å². The maximum absolute atomic E-state index is 11.8. The highest BCUT2D eigenvalue weighted by atomic mass is 16.5. The van der Waals surface area contributed by atoms with Gasteiger partial charge in [0.05, 0.1) is 20.6 Å². The highest BCUT2D eigenvalue weighted by Gasteiger charge is 2.24. The van der Waals surface area contributed by atoms with Gasteiger partial charge in [-0.2, -0.15) is 0 Å². The van der Waals surface area contributed by atoms with Gasteiger partial charge in [-0.1, -0.05) is 84.5 Å². The molecule has 0 radical (unpaired) electrons. The number of hydrogen-bond donors (Lipinski definition) is 0. The first-order valence-corrected chi connectivity index (χ1v) is 12.0. The van der Waals surface area contributed by atoms with E-state index < -0.39 is 5.97 Å². The zero-order valence-electron chi connectivity index (χ0n) is 19.7. The number of carbonyl (C=O) groups is 2. The number of nitrogens with zero attached hydrogens (tertiary/aromatic N) is 1. The fourth-order valence-corrected chi connectivity index (χ4v) is 3.71. The maximum atomic E-state index is 11.8. The fourth-order valence-electron chi connectivity index (χ4n) is 3.71. The molecule has 1 unspecified atom stereocenters. The Morgan fingerprint density at radius 1 is 0.828 bits per heavy atom. The summed E-state index contributed by atoms with van der Waals surface area (Å²) in [6.07, 6.45) is 16.8. The Bertz CT molecular complexity index is 423. The number of carboxylic acid groups (broad SMARTS) is 1. The molecule has 0 saturated heterocycles. The van der Waals surface area contributed by atoms with Crippen molar-refractivity contribution < 1.29 is 23.9 Å². The molecule has 0 bridgehead atoms. The topological polar surface area (TPSA) is 66.4 Å². The number of hydrogen-bond acceptors (Lipinski definition) is 4. The number of aliphatic carboxylic acids is 1.